The molecule has 0 bridgehead atoms. The number of aryl methyl sites for hydroxylation is 1. The smallest absolute Gasteiger partial charge is 0.121 e. The lowest BCUT2D eigenvalue weighted by Crippen LogP contribution is -2.12. The molecular formula is C12H16O2. The highest BCUT2D eigenvalue weighted by atomic mass is 16.5. The monoisotopic (exact) mass is 192 g/mol. The number of hydrogen-bond donors (Lipinski definition) is 1. The first kappa shape index (κ1) is 9.53. The third-order valence-corrected chi connectivity index (χ3v) is 2.78. The summed E-state index contributed by atoms with van der Waals surface area (Å²) in [5.41, 5.74) is 2.26. The molecule has 2 nitrogen and oxygen atoms in total. The van der Waals surface area contributed by atoms with E-state index < -0.39 is 0 Å². The third-order valence-electron chi connectivity index (χ3n) is 2.78. The molecule has 0 saturated heterocycles. The van der Waals surface area contributed by atoms with Gasteiger partial charge in [0.1, 0.15) is 5.75 Å². The van der Waals surface area contributed by atoms with Gasteiger partial charge in [-0.05, 0) is 37.8 Å². The van der Waals surface area contributed by atoms with Gasteiger partial charge in [-0.15, -0.1) is 0 Å². The molecule has 0 amide bonds. The number of phenolic OH excluding ortho intramolecular Hbond substituents is 1. The number of rotatable bonds is 2. The van der Waals surface area contributed by atoms with E-state index in [9.17, 15) is 5.11 Å². The molecule has 1 aliphatic rings. The predicted molar refractivity (Wildman–Crippen MR) is 55.4 cm³/mol. The van der Waals surface area contributed by atoms with Crippen molar-refractivity contribution in [3.63, 3.8) is 0 Å². The van der Waals surface area contributed by atoms with Gasteiger partial charge in [0.05, 0.1) is 6.10 Å². The molecule has 1 aromatic rings. The zero-order valence-corrected chi connectivity index (χ0v) is 8.49. The van der Waals surface area contributed by atoms with E-state index in [1.54, 1.807) is 6.07 Å². The van der Waals surface area contributed by atoms with E-state index in [2.05, 4.69) is 6.07 Å². The van der Waals surface area contributed by atoms with E-state index in [4.69, 9.17) is 4.74 Å². The summed E-state index contributed by atoms with van der Waals surface area (Å²) in [4.78, 5) is 0. The maximum atomic E-state index is 9.77. The molecule has 76 valence electrons. The van der Waals surface area contributed by atoms with Gasteiger partial charge in [-0.3, -0.25) is 0 Å². The lowest BCUT2D eigenvalue weighted by atomic mass is 9.89. The quantitative estimate of drug-likeness (QED) is 0.780. The number of ether oxygens (including phenoxy) is 1. The maximum Gasteiger partial charge on any atom is 0.121 e. The molecule has 2 rings (SSSR count). The SMILES string of the molecule is CCOC1CCCc2cccc(O)c21. The van der Waals surface area contributed by atoms with Crippen LogP contribution in [0.5, 0.6) is 5.75 Å². The minimum absolute atomic E-state index is 0.102. The summed E-state index contributed by atoms with van der Waals surface area (Å²) in [6.07, 6.45) is 3.34. The van der Waals surface area contributed by atoms with E-state index in [-0.39, 0.29) is 6.10 Å². The molecule has 0 fully saturated rings. The van der Waals surface area contributed by atoms with Crippen LogP contribution in [0, 0.1) is 0 Å². The van der Waals surface area contributed by atoms with Crippen LogP contribution in [0.1, 0.15) is 37.0 Å². The van der Waals surface area contributed by atoms with E-state index in [1.807, 2.05) is 13.0 Å². The fourth-order valence-corrected chi connectivity index (χ4v) is 2.18. The molecule has 0 heterocycles. The molecule has 0 saturated carbocycles. The molecule has 0 spiro atoms. The number of phenols is 1. The van der Waals surface area contributed by atoms with Crippen LogP contribution in [0.2, 0.25) is 0 Å². The standard InChI is InChI=1S/C12H16O2/c1-2-14-11-8-4-6-9-5-3-7-10(13)12(9)11/h3,5,7,11,13H,2,4,6,8H2,1H3. The second kappa shape index (κ2) is 4.01. The van der Waals surface area contributed by atoms with Crippen molar-refractivity contribution in [1.82, 2.24) is 0 Å². The first-order valence-electron chi connectivity index (χ1n) is 5.25. The van der Waals surface area contributed by atoms with E-state index in [0.29, 0.717) is 12.4 Å². The molecule has 2 heteroatoms. The predicted octanol–water partition coefficient (Wildman–Crippen LogP) is 2.81. The molecule has 1 atom stereocenters. The highest BCUT2D eigenvalue weighted by Gasteiger charge is 2.23. The van der Waals surface area contributed by atoms with Crippen molar-refractivity contribution < 1.29 is 9.84 Å². The van der Waals surface area contributed by atoms with Crippen LogP contribution >= 0.6 is 0 Å². The zero-order chi connectivity index (χ0) is 9.97. The van der Waals surface area contributed by atoms with Crippen molar-refractivity contribution in [1.29, 1.82) is 0 Å². The van der Waals surface area contributed by atoms with Crippen LogP contribution in [0.15, 0.2) is 18.2 Å². The Morgan fingerprint density at radius 2 is 2.36 bits per heavy atom. The van der Waals surface area contributed by atoms with Crippen LogP contribution < -0.4 is 0 Å². The van der Waals surface area contributed by atoms with Gasteiger partial charge < -0.3 is 9.84 Å². The minimum atomic E-state index is 0.102. The summed E-state index contributed by atoms with van der Waals surface area (Å²) in [5, 5.41) is 9.77. The maximum absolute atomic E-state index is 9.77. The van der Waals surface area contributed by atoms with E-state index in [1.165, 1.54) is 5.56 Å². The highest BCUT2D eigenvalue weighted by Crippen LogP contribution is 2.37. The first-order chi connectivity index (χ1) is 6.83. The van der Waals surface area contributed by atoms with Crippen molar-refractivity contribution in [3.05, 3.63) is 29.3 Å². The Bertz CT molecular complexity index is 320. The van der Waals surface area contributed by atoms with Crippen LogP contribution in [0.4, 0.5) is 0 Å². The van der Waals surface area contributed by atoms with E-state index >= 15 is 0 Å². The Balaban J connectivity index is 2.36. The average Bonchev–Trinajstić information content (AvgIpc) is 2.19. The van der Waals surface area contributed by atoms with Crippen LogP contribution in [0.3, 0.4) is 0 Å². The molecule has 0 radical (unpaired) electrons. The molecular weight excluding hydrogens is 176 g/mol. The van der Waals surface area contributed by atoms with Crippen molar-refractivity contribution in [2.45, 2.75) is 32.3 Å². The Morgan fingerprint density at radius 3 is 3.14 bits per heavy atom. The van der Waals surface area contributed by atoms with Crippen molar-refractivity contribution in [3.8, 4) is 5.75 Å². The molecule has 1 unspecified atom stereocenters. The Labute approximate surface area is 84.5 Å². The molecule has 0 aromatic heterocycles. The number of hydrogen-bond acceptors (Lipinski definition) is 2. The minimum Gasteiger partial charge on any atom is -0.508 e. The second-order valence-electron chi connectivity index (χ2n) is 3.69. The molecule has 1 aliphatic carbocycles. The van der Waals surface area contributed by atoms with Crippen molar-refractivity contribution in [2.75, 3.05) is 6.61 Å². The van der Waals surface area contributed by atoms with Crippen molar-refractivity contribution in [2.24, 2.45) is 0 Å². The summed E-state index contributed by atoms with van der Waals surface area (Å²) in [6.45, 7) is 2.70. The van der Waals surface area contributed by atoms with Gasteiger partial charge in [0.2, 0.25) is 0 Å². The summed E-state index contributed by atoms with van der Waals surface area (Å²) >= 11 is 0. The van der Waals surface area contributed by atoms with Gasteiger partial charge in [-0.25, -0.2) is 0 Å². The largest absolute Gasteiger partial charge is 0.508 e. The number of aromatic hydroxyl groups is 1. The van der Waals surface area contributed by atoms with Gasteiger partial charge >= 0.3 is 0 Å². The third kappa shape index (κ3) is 1.62. The van der Waals surface area contributed by atoms with Crippen LogP contribution in [-0.2, 0) is 11.2 Å². The normalized spacial score (nSPS) is 20.5. The Morgan fingerprint density at radius 1 is 1.50 bits per heavy atom. The van der Waals surface area contributed by atoms with Crippen molar-refractivity contribution >= 4 is 0 Å². The van der Waals surface area contributed by atoms with E-state index in [0.717, 1.165) is 24.8 Å². The average molecular weight is 192 g/mol. The van der Waals surface area contributed by atoms with Crippen LogP contribution in [0.25, 0.3) is 0 Å². The van der Waals surface area contributed by atoms with Gasteiger partial charge in [0, 0.05) is 12.2 Å². The number of fused-ring (bicyclic) bond motifs is 1. The lowest BCUT2D eigenvalue weighted by molar-refractivity contribution is 0.0482. The molecule has 14 heavy (non-hydrogen) atoms. The topological polar surface area (TPSA) is 29.5 Å². The number of benzene rings is 1. The van der Waals surface area contributed by atoms with Gasteiger partial charge in [0.15, 0.2) is 0 Å². The van der Waals surface area contributed by atoms with Gasteiger partial charge in [0.25, 0.3) is 0 Å². The van der Waals surface area contributed by atoms with Gasteiger partial charge in [-0.2, -0.15) is 0 Å². The molecule has 1 N–H and O–H groups in total. The highest BCUT2D eigenvalue weighted by molar-refractivity contribution is 5.42. The Kier molecular flexibility index (Phi) is 2.73. The fourth-order valence-electron chi connectivity index (χ4n) is 2.18. The lowest BCUT2D eigenvalue weighted by Gasteiger charge is -2.25. The fraction of sp³-hybridized carbons (Fsp3) is 0.500. The van der Waals surface area contributed by atoms with Gasteiger partial charge in [-0.1, -0.05) is 12.1 Å². The zero-order valence-electron chi connectivity index (χ0n) is 8.49. The second-order valence-corrected chi connectivity index (χ2v) is 3.69. The summed E-state index contributed by atoms with van der Waals surface area (Å²) < 4.78 is 5.63. The molecule has 0 aliphatic heterocycles. The summed E-state index contributed by atoms with van der Waals surface area (Å²) in [7, 11) is 0. The summed E-state index contributed by atoms with van der Waals surface area (Å²) in [5.74, 6) is 0.389. The van der Waals surface area contributed by atoms with Crippen LogP contribution in [-0.4, -0.2) is 11.7 Å². The Hall–Kier alpha value is -1.02. The summed E-state index contributed by atoms with van der Waals surface area (Å²) in [6, 6.07) is 5.74. The molecule has 1 aromatic carbocycles. The first-order valence-corrected chi connectivity index (χ1v) is 5.25.